The van der Waals surface area contributed by atoms with Crippen LogP contribution in [0.2, 0.25) is 0 Å². The van der Waals surface area contributed by atoms with Gasteiger partial charge in [-0.3, -0.25) is 19.2 Å². The minimum absolute atomic E-state index is 0.0210. The molecule has 0 spiro atoms. The van der Waals surface area contributed by atoms with Gasteiger partial charge in [0.1, 0.15) is 0 Å². The zero-order valence-electron chi connectivity index (χ0n) is 17.4. The molecule has 30 heavy (non-hydrogen) atoms. The average Bonchev–Trinajstić information content (AvgIpc) is 3.39. The number of carbonyl (C=O) groups is 2. The van der Waals surface area contributed by atoms with E-state index in [0.29, 0.717) is 12.2 Å². The largest absolute Gasteiger partial charge is 0.379 e. The highest BCUT2D eigenvalue weighted by Crippen LogP contribution is 2.29. The Balaban J connectivity index is 1.29. The summed E-state index contributed by atoms with van der Waals surface area (Å²) in [7, 11) is 0. The summed E-state index contributed by atoms with van der Waals surface area (Å²) in [5.41, 5.74) is 1.75. The maximum Gasteiger partial charge on any atom is 0.229 e. The molecule has 2 amide bonds. The zero-order chi connectivity index (χ0) is 20.9. The third kappa shape index (κ3) is 4.88. The molecule has 2 unspecified atom stereocenters. The highest BCUT2D eigenvalue weighted by atomic mass is 16.5. The average molecular weight is 412 g/mol. The molecule has 8 nitrogen and oxygen atoms in total. The van der Waals surface area contributed by atoms with Gasteiger partial charge < -0.3 is 15.0 Å². The fourth-order valence-corrected chi connectivity index (χ4v) is 4.06. The van der Waals surface area contributed by atoms with Gasteiger partial charge in [0.2, 0.25) is 11.8 Å². The Bertz CT molecular complexity index is 863. The predicted molar refractivity (Wildman–Crippen MR) is 113 cm³/mol. The first-order valence-electron chi connectivity index (χ1n) is 10.6. The third-order valence-electron chi connectivity index (χ3n) is 5.93. The van der Waals surface area contributed by atoms with Gasteiger partial charge in [0.25, 0.3) is 0 Å². The molecule has 8 heteroatoms. The molecule has 4 rings (SSSR count). The van der Waals surface area contributed by atoms with Gasteiger partial charge in [0.05, 0.1) is 43.6 Å². The molecule has 0 saturated carbocycles. The van der Waals surface area contributed by atoms with Crippen LogP contribution in [0.1, 0.15) is 24.9 Å². The van der Waals surface area contributed by atoms with Crippen LogP contribution in [0.3, 0.4) is 0 Å². The molecule has 2 aliphatic heterocycles. The van der Waals surface area contributed by atoms with E-state index in [1.54, 1.807) is 11.1 Å². The quantitative estimate of drug-likeness (QED) is 0.751. The maximum absolute atomic E-state index is 12.7. The zero-order valence-corrected chi connectivity index (χ0v) is 17.4. The van der Waals surface area contributed by atoms with E-state index in [9.17, 15) is 9.59 Å². The summed E-state index contributed by atoms with van der Waals surface area (Å²) in [6, 6.07) is 9.87. The van der Waals surface area contributed by atoms with Crippen LogP contribution in [0, 0.1) is 5.92 Å². The maximum atomic E-state index is 12.7. The highest BCUT2D eigenvalue weighted by Gasteiger charge is 2.37. The normalized spacial score (nSPS) is 21.0. The molecule has 2 atom stereocenters. The molecule has 2 aromatic rings. The Kier molecular flexibility index (Phi) is 6.44. The summed E-state index contributed by atoms with van der Waals surface area (Å²) in [4.78, 5) is 29.4. The molecule has 1 N–H and O–H groups in total. The molecule has 3 heterocycles. The number of rotatable bonds is 7. The molecule has 160 valence electrons. The van der Waals surface area contributed by atoms with E-state index in [0.717, 1.165) is 45.0 Å². The number of likely N-dealkylation sites (tertiary alicyclic amines) is 1. The number of morpholine rings is 1. The van der Waals surface area contributed by atoms with Gasteiger partial charge in [-0.15, -0.1) is 0 Å². The number of nitrogens with one attached hydrogen (secondary N) is 1. The Hall–Kier alpha value is -2.71. The lowest BCUT2D eigenvalue weighted by atomic mass is 10.1. The van der Waals surface area contributed by atoms with Crippen molar-refractivity contribution in [2.45, 2.75) is 25.9 Å². The Morgan fingerprint density at radius 3 is 2.77 bits per heavy atom. The van der Waals surface area contributed by atoms with Crippen molar-refractivity contribution >= 4 is 17.5 Å². The van der Waals surface area contributed by atoms with Gasteiger partial charge in [-0.25, -0.2) is 0 Å². The monoisotopic (exact) mass is 411 g/mol. The van der Waals surface area contributed by atoms with Crippen LogP contribution in [0.25, 0.3) is 0 Å². The third-order valence-corrected chi connectivity index (χ3v) is 5.93. The Morgan fingerprint density at radius 2 is 2.00 bits per heavy atom. The molecule has 0 aliphatic carbocycles. The lowest BCUT2D eigenvalue weighted by Gasteiger charge is -2.26. The predicted octanol–water partition coefficient (Wildman–Crippen LogP) is 1.76. The number of amides is 2. The lowest BCUT2D eigenvalue weighted by Crippen LogP contribution is -2.38. The van der Waals surface area contributed by atoms with Crippen molar-refractivity contribution in [3.05, 3.63) is 48.3 Å². The molecule has 2 fully saturated rings. The van der Waals surface area contributed by atoms with Gasteiger partial charge >= 0.3 is 0 Å². The SMILES string of the molecule is CC(c1ccccc1)N1CC(C(=O)Nc2cnn(CCN3CCOCC3)c2)CC1=O. The van der Waals surface area contributed by atoms with E-state index in [1.807, 2.05) is 48.1 Å². The Morgan fingerprint density at radius 1 is 1.23 bits per heavy atom. The fourth-order valence-electron chi connectivity index (χ4n) is 4.06. The molecule has 2 aliphatic rings. The van der Waals surface area contributed by atoms with Crippen molar-refractivity contribution in [2.75, 3.05) is 44.7 Å². The number of hydrogen-bond donors (Lipinski definition) is 1. The van der Waals surface area contributed by atoms with E-state index in [2.05, 4.69) is 15.3 Å². The van der Waals surface area contributed by atoms with Crippen molar-refractivity contribution in [3.8, 4) is 0 Å². The van der Waals surface area contributed by atoms with Crippen molar-refractivity contribution in [1.82, 2.24) is 19.6 Å². The molecular weight excluding hydrogens is 382 g/mol. The second-order valence-corrected chi connectivity index (χ2v) is 7.97. The van der Waals surface area contributed by atoms with Gasteiger partial charge in [-0.05, 0) is 12.5 Å². The van der Waals surface area contributed by atoms with E-state index < -0.39 is 0 Å². The number of nitrogens with zero attached hydrogens (tertiary/aromatic N) is 4. The van der Waals surface area contributed by atoms with Crippen LogP contribution in [-0.4, -0.2) is 70.8 Å². The second-order valence-electron chi connectivity index (χ2n) is 7.97. The summed E-state index contributed by atoms with van der Waals surface area (Å²) < 4.78 is 7.21. The van der Waals surface area contributed by atoms with E-state index in [4.69, 9.17) is 4.74 Å². The summed E-state index contributed by atoms with van der Waals surface area (Å²) >= 11 is 0. The summed E-state index contributed by atoms with van der Waals surface area (Å²) in [5, 5.41) is 7.27. The van der Waals surface area contributed by atoms with Crippen LogP contribution in [-0.2, 0) is 20.9 Å². The number of benzene rings is 1. The summed E-state index contributed by atoms with van der Waals surface area (Å²) in [5.74, 6) is -0.452. The fraction of sp³-hybridized carbons (Fsp3) is 0.500. The standard InChI is InChI=1S/C22H29N5O3/c1-17(18-5-3-2-4-6-18)27-15-19(13-21(27)28)22(29)24-20-14-23-26(16-20)8-7-25-9-11-30-12-10-25/h2-6,14,16-17,19H,7-13,15H2,1H3,(H,24,29). The minimum atomic E-state index is -0.347. The highest BCUT2D eigenvalue weighted by molar-refractivity contribution is 5.97. The van der Waals surface area contributed by atoms with Crippen molar-refractivity contribution in [3.63, 3.8) is 0 Å². The molecule has 1 aromatic carbocycles. The first-order valence-corrected chi connectivity index (χ1v) is 10.6. The Labute approximate surface area is 176 Å². The van der Waals surface area contributed by atoms with Gasteiger partial charge in [-0.1, -0.05) is 30.3 Å². The molecule has 0 bridgehead atoms. The van der Waals surface area contributed by atoms with Crippen LogP contribution in [0.15, 0.2) is 42.7 Å². The molecule has 2 saturated heterocycles. The second kappa shape index (κ2) is 9.40. The lowest BCUT2D eigenvalue weighted by molar-refractivity contribution is -0.129. The molecule has 0 radical (unpaired) electrons. The van der Waals surface area contributed by atoms with Gasteiger partial charge in [0, 0.05) is 38.8 Å². The van der Waals surface area contributed by atoms with E-state index in [1.165, 1.54) is 0 Å². The van der Waals surface area contributed by atoms with E-state index >= 15 is 0 Å². The van der Waals surface area contributed by atoms with Crippen LogP contribution >= 0.6 is 0 Å². The number of carbonyl (C=O) groups excluding carboxylic acids is 2. The van der Waals surface area contributed by atoms with Gasteiger partial charge in [-0.2, -0.15) is 5.10 Å². The topological polar surface area (TPSA) is 79.7 Å². The van der Waals surface area contributed by atoms with Crippen LogP contribution in [0.5, 0.6) is 0 Å². The molecule has 1 aromatic heterocycles. The minimum Gasteiger partial charge on any atom is -0.379 e. The van der Waals surface area contributed by atoms with Crippen LogP contribution < -0.4 is 5.32 Å². The number of aromatic nitrogens is 2. The number of ether oxygens (including phenoxy) is 1. The van der Waals surface area contributed by atoms with Gasteiger partial charge in [0.15, 0.2) is 0 Å². The van der Waals surface area contributed by atoms with Crippen molar-refractivity contribution < 1.29 is 14.3 Å². The number of anilines is 1. The summed E-state index contributed by atoms with van der Waals surface area (Å²) in [6.45, 7) is 7.55. The van der Waals surface area contributed by atoms with Crippen molar-refractivity contribution in [1.29, 1.82) is 0 Å². The van der Waals surface area contributed by atoms with E-state index in [-0.39, 0.29) is 30.2 Å². The van der Waals surface area contributed by atoms with Crippen LogP contribution in [0.4, 0.5) is 5.69 Å². The number of hydrogen-bond acceptors (Lipinski definition) is 5. The summed E-state index contributed by atoms with van der Waals surface area (Å²) in [6.07, 6.45) is 3.76. The molecular formula is C22H29N5O3. The van der Waals surface area contributed by atoms with Crippen molar-refractivity contribution in [2.24, 2.45) is 5.92 Å². The first kappa shape index (κ1) is 20.6. The smallest absolute Gasteiger partial charge is 0.229 e. The first-order chi connectivity index (χ1) is 14.6.